The fourth-order valence-electron chi connectivity index (χ4n) is 1.70. The summed E-state index contributed by atoms with van der Waals surface area (Å²) in [5, 5.41) is 9.22. The summed E-state index contributed by atoms with van der Waals surface area (Å²) in [7, 11) is 1.30. The van der Waals surface area contributed by atoms with E-state index >= 15 is 0 Å². The van der Waals surface area contributed by atoms with Crippen LogP contribution in [-0.2, 0) is 4.79 Å². The molecule has 1 aromatic rings. The van der Waals surface area contributed by atoms with Crippen molar-refractivity contribution in [3.05, 3.63) is 28.8 Å². The van der Waals surface area contributed by atoms with Crippen molar-refractivity contribution in [3.63, 3.8) is 0 Å². The SMILES string of the molecule is COc1cc(C(C(=O)O)C(C)C(F)(F)F)ccc1Cl. The molecule has 1 N–H and O–H groups in total. The lowest BCUT2D eigenvalue weighted by Crippen LogP contribution is -2.31. The van der Waals surface area contributed by atoms with E-state index in [4.69, 9.17) is 21.4 Å². The van der Waals surface area contributed by atoms with E-state index in [-0.39, 0.29) is 16.3 Å². The first kappa shape index (κ1) is 15.6. The maximum absolute atomic E-state index is 12.7. The predicted molar refractivity (Wildman–Crippen MR) is 63.6 cm³/mol. The van der Waals surface area contributed by atoms with Gasteiger partial charge in [-0.2, -0.15) is 13.2 Å². The van der Waals surface area contributed by atoms with Gasteiger partial charge in [0, 0.05) is 0 Å². The third-order valence-electron chi connectivity index (χ3n) is 2.82. The van der Waals surface area contributed by atoms with Crippen molar-refractivity contribution in [2.24, 2.45) is 5.92 Å². The lowest BCUT2D eigenvalue weighted by molar-refractivity contribution is -0.183. The lowest BCUT2D eigenvalue weighted by Gasteiger charge is -2.23. The number of carboxylic acid groups (broad SMARTS) is 1. The highest BCUT2D eigenvalue weighted by atomic mass is 35.5. The van der Waals surface area contributed by atoms with Gasteiger partial charge < -0.3 is 9.84 Å². The Morgan fingerprint density at radius 2 is 2.00 bits per heavy atom. The molecule has 0 saturated carbocycles. The molecule has 0 heterocycles. The molecule has 0 aliphatic rings. The third-order valence-corrected chi connectivity index (χ3v) is 3.13. The largest absolute Gasteiger partial charge is 0.495 e. The number of carbonyl (C=O) groups is 1. The van der Waals surface area contributed by atoms with Gasteiger partial charge in [-0.25, -0.2) is 0 Å². The Labute approximate surface area is 112 Å². The van der Waals surface area contributed by atoms with E-state index in [1.54, 1.807) is 0 Å². The molecule has 0 aromatic heterocycles. The maximum Gasteiger partial charge on any atom is 0.392 e. The molecule has 0 aliphatic heterocycles. The van der Waals surface area contributed by atoms with Gasteiger partial charge >= 0.3 is 12.1 Å². The van der Waals surface area contributed by atoms with Gasteiger partial charge in [0.1, 0.15) is 5.75 Å². The number of aliphatic carboxylic acids is 1. The van der Waals surface area contributed by atoms with E-state index in [1.165, 1.54) is 25.3 Å². The van der Waals surface area contributed by atoms with Crippen LogP contribution in [0.15, 0.2) is 18.2 Å². The van der Waals surface area contributed by atoms with Crippen LogP contribution >= 0.6 is 11.6 Å². The van der Waals surface area contributed by atoms with Gasteiger partial charge in [0.2, 0.25) is 0 Å². The molecule has 0 amide bonds. The van der Waals surface area contributed by atoms with Crippen molar-refractivity contribution >= 4 is 17.6 Å². The normalized spacial score (nSPS) is 14.8. The average molecular weight is 297 g/mol. The summed E-state index contributed by atoms with van der Waals surface area (Å²) < 4.78 is 42.9. The van der Waals surface area contributed by atoms with Gasteiger partial charge in [-0.1, -0.05) is 24.6 Å². The zero-order valence-electron chi connectivity index (χ0n) is 10.2. The molecule has 3 nitrogen and oxygen atoms in total. The number of methoxy groups -OCH3 is 1. The molecule has 0 radical (unpaired) electrons. The van der Waals surface area contributed by atoms with Crippen LogP contribution in [0.1, 0.15) is 18.4 Å². The number of carboxylic acids is 1. The first-order chi connectivity index (χ1) is 8.68. The smallest absolute Gasteiger partial charge is 0.392 e. The van der Waals surface area contributed by atoms with Crippen molar-refractivity contribution < 1.29 is 27.8 Å². The second-order valence-corrected chi connectivity index (χ2v) is 4.45. The standard InChI is InChI=1S/C12H12ClF3O3/c1-6(12(14,15)16)10(11(17)18)7-3-4-8(13)9(5-7)19-2/h3-6,10H,1-2H3,(H,17,18). The quantitative estimate of drug-likeness (QED) is 0.921. The van der Waals surface area contributed by atoms with Crippen LogP contribution in [-0.4, -0.2) is 24.4 Å². The van der Waals surface area contributed by atoms with Crippen LogP contribution in [0.4, 0.5) is 13.2 Å². The molecule has 0 fully saturated rings. The van der Waals surface area contributed by atoms with Crippen LogP contribution in [0, 0.1) is 5.92 Å². The number of halogens is 4. The fraction of sp³-hybridized carbons (Fsp3) is 0.417. The fourth-order valence-corrected chi connectivity index (χ4v) is 1.90. The highest BCUT2D eigenvalue weighted by Gasteiger charge is 2.45. The minimum atomic E-state index is -4.60. The first-order valence-electron chi connectivity index (χ1n) is 5.31. The lowest BCUT2D eigenvalue weighted by atomic mass is 9.86. The summed E-state index contributed by atoms with van der Waals surface area (Å²) in [5.41, 5.74) is -0.00132. The summed E-state index contributed by atoms with van der Waals surface area (Å²) in [6, 6.07) is 3.78. The molecule has 1 rings (SSSR count). The average Bonchev–Trinajstić information content (AvgIpc) is 2.29. The molecule has 2 unspecified atom stereocenters. The van der Waals surface area contributed by atoms with Crippen LogP contribution in [0.5, 0.6) is 5.75 Å². The van der Waals surface area contributed by atoms with Crippen LogP contribution in [0.3, 0.4) is 0 Å². The van der Waals surface area contributed by atoms with Crippen molar-refractivity contribution in [3.8, 4) is 5.75 Å². The third kappa shape index (κ3) is 3.53. The Kier molecular flexibility index (Phi) is 4.68. The Morgan fingerprint density at radius 1 is 1.42 bits per heavy atom. The molecular formula is C12H12ClF3O3. The molecule has 19 heavy (non-hydrogen) atoms. The van der Waals surface area contributed by atoms with E-state index in [0.29, 0.717) is 0 Å². The second kappa shape index (κ2) is 5.69. The number of benzene rings is 1. The van der Waals surface area contributed by atoms with E-state index in [1.807, 2.05) is 0 Å². The zero-order chi connectivity index (χ0) is 14.8. The highest BCUT2D eigenvalue weighted by Crippen LogP contribution is 2.39. The van der Waals surface area contributed by atoms with Gasteiger partial charge in [0.15, 0.2) is 0 Å². The Bertz CT molecular complexity index is 474. The van der Waals surface area contributed by atoms with Gasteiger partial charge in [-0.15, -0.1) is 0 Å². The molecule has 1 aromatic carbocycles. The predicted octanol–water partition coefficient (Wildman–Crippen LogP) is 3.72. The van der Waals surface area contributed by atoms with Crippen molar-refractivity contribution in [2.45, 2.75) is 19.0 Å². The molecule has 106 valence electrons. The number of ether oxygens (including phenoxy) is 1. The van der Waals surface area contributed by atoms with Gasteiger partial charge in [-0.3, -0.25) is 4.79 Å². The van der Waals surface area contributed by atoms with Crippen LogP contribution < -0.4 is 4.74 Å². The summed E-state index contributed by atoms with van der Waals surface area (Å²) in [6.07, 6.45) is -4.60. The zero-order valence-corrected chi connectivity index (χ0v) is 10.9. The van der Waals surface area contributed by atoms with Gasteiger partial charge in [-0.05, 0) is 17.7 Å². The molecule has 2 atom stereocenters. The summed E-state index contributed by atoms with van der Waals surface area (Å²) in [5.74, 6) is -5.13. The Balaban J connectivity index is 3.24. The van der Waals surface area contributed by atoms with E-state index in [0.717, 1.165) is 6.92 Å². The molecule has 0 bridgehead atoms. The number of hydrogen-bond acceptors (Lipinski definition) is 2. The number of alkyl halides is 3. The monoisotopic (exact) mass is 296 g/mol. The van der Waals surface area contributed by atoms with E-state index < -0.39 is 24.0 Å². The molecule has 0 spiro atoms. The van der Waals surface area contributed by atoms with Gasteiger partial charge in [0.05, 0.1) is 24.0 Å². The van der Waals surface area contributed by atoms with Crippen molar-refractivity contribution in [1.82, 2.24) is 0 Å². The topological polar surface area (TPSA) is 46.5 Å². The Morgan fingerprint density at radius 3 is 2.42 bits per heavy atom. The van der Waals surface area contributed by atoms with Crippen molar-refractivity contribution in [2.75, 3.05) is 7.11 Å². The number of rotatable bonds is 4. The summed E-state index contributed by atoms with van der Waals surface area (Å²) >= 11 is 5.76. The molecule has 7 heteroatoms. The van der Waals surface area contributed by atoms with Gasteiger partial charge in [0.25, 0.3) is 0 Å². The Hall–Kier alpha value is -1.43. The highest BCUT2D eigenvalue weighted by molar-refractivity contribution is 6.32. The summed E-state index contributed by atoms with van der Waals surface area (Å²) in [6.45, 7) is 0.833. The first-order valence-corrected chi connectivity index (χ1v) is 5.69. The molecule has 0 aliphatic carbocycles. The molecular weight excluding hydrogens is 285 g/mol. The number of hydrogen-bond donors (Lipinski definition) is 1. The minimum absolute atomic E-state index is 0.00132. The van der Waals surface area contributed by atoms with E-state index in [9.17, 15) is 18.0 Å². The molecule has 0 saturated heterocycles. The van der Waals surface area contributed by atoms with E-state index in [2.05, 4.69) is 0 Å². The minimum Gasteiger partial charge on any atom is -0.495 e. The maximum atomic E-state index is 12.7. The van der Waals surface area contributed by atoms with Crippen LogP contribution in [0.25, 0.3) is 0 Å². The summed E-state index contributed by atoms with van der Waals surface area (Å²) in [4.78, 5) is 11.1. The second-order valence-electron chi connectivity index (χ2n) is 4.04. The van der Waals surface area contributed by atoms with Crippen molar-refractivity contribution in [1.29, 1.82) is 0 Å². The van der Waals surface area contributed by atoms with Crippen LogP contribution in [0.2, 0.25) is 5.02 Å².